The topological polar surface area (TPSA) is 236 Å². The number of rotatable bonds is 10. The molecule has 2 rings (SSSR count). The lowest BCUT2D eigenvalue weighted by molar-refractivity contribution is -0.279. The van der Waals surface area contributed by atoms with Gasteiger partial charge in [0.25, 0.3) is 0 Å². The number of carbonyl (C=O) groups excluding carboxylic acids is 1. The first-order valence-electron chi connectivity index (χ1n) is 10.5. The lowest BCUT2D eigenvalue weighted by Gasteiger charge is -2.47. The molecule has 34 heavy (non-hydrogen) atoms. The monoisotopic (exact) mass is 515 g/mol. The number of ether oxygens (including phenoxy) is 3. The molecule has 0 radical (unpaired) electrons. The molecule has 0 bridgehead atoms. The standard InChI is InChI=1S/C19H33NO13S/c1-7(23)20-12-9(24)3-19(18(29)30,33-16(12)14(27)10(25)4-21)34-6-8-11(5-22)32-17(31-2)15(28)13(8)26/h8-17,21-22,24-28H,3-6H2,1-2H3,(H,20,23)(H,29,30). The first-order valence-corrected chi connectivity index (χ1v) is 11.5. The molecular formula is C19H33NO13S. The van der Waals surface area contributed by atoms with Gasteiger partial charge in [-0.2, -0.15) is 0 Å². The van der Waals surface area contributed by atoms with Crippen LogP contribution in [0.25, 0.3) is 0 Å². The highest BCUT2D eigenvalue weighted by Crippen LogP contribution is 2.43. The minimum absolute atomic E-state index is 0.241. The van der Waals surface area contributed by atoms with Crippen molar-refractivity contribution in [2.24, 2.45) is 5.92 Å². The molecule has 0 aliphatic carbocycles. The zero-order chi connectivity index (χ0) is 25.8. The van der Waals surface area contributed by atoms with Gasteiger partial charge in [0.15, 0.2) is 6.29 Å². The Balaban J connectivity index is 2.31. The van der Waals surface area contributed by atoms with Gasteiger partial charge in [0.05, 0.1) is 37.6 Å². The molecule has 198 valence electrons. The number of aliphatic hydroxyl groups is 7. The van der Waals surface area contributed by atoms with Crippen LogP contribution in [0.15, 0.2) is 0 Å². The zero-order valence-electron chi connectivity index (χ0n) is 18.6. The van der Waals surface area contributed by atoms with Gasteiger partial charge >= 0.3 is 5.97 Å². The average Bonchev–Trinajstić information content (AvgIpc) is 2.79. The van der Waals surface area contributed by atoms with E-state index in [9.17, 15) is 50.4 Å². The van der Waals surface area contributed by atoms with Crippen molar-refractivity contribution >= 4 is 23.6 Å². The molecule has 0 aromatic rings. The Hall–Kier alpha value is -1.11. The average molecular weight is 516 g/mol. The second-order valence-electron chi connectivity index (χ2n) is 8.30. The van der Waals surface area contributed by atoms with Gasteiger partial charge in [-0.15, -0.1) is 11.8 Å². The molecule has 14 nitrogen and oxygen atoms in total. The van der Waals surface area contributed by atoms with Crippen molar-refractivity contribution in [3.8, 4) is 0 Å². The number of carbonyl (C=O) groups is 2. The molecule has 2 saturated heterocycles. The van der Waals surface area contributed by atoms with E-state index in [4.69, 9.17) is 14.2 Å². The Bertz CT molecular complexity index is 699. The summed E-state index contributed by atoms with van der Waals surface area (Å²) in [5.74, 6) is -3.40. The third-order valence-corrected chi connectivity index (χ3v) is 7.42. The fourth-order valence-electron chi connectivity index (χ4n) is 4.08. The smallest absolute Gasteiger partial charge is 0.346 e. The fourth-order valence-corrected chi connectivity index (χ4v) is 5.54. The summed E-state index contributed by atoms with van der Waals surface area (Å²) in [6, 6.07) is -1.31. The SMILES string of the molecule is COC1OC(CO)C(CSC2(C(=O)O)CC(O)C(NC(C)=O)C(C(O)C(O)CO)O2)C(O)C1O. The second-order valence-corrected chi connectivity index (χ2v) is 9.58. The van der Waals surface area contributed by atoms with E-state index >= 15 is 0 Å². The van der Waals surface area contributed by atoms with Crippen LogP contribution in [0.3, 0.4) is 0 Å². The number of aliphatic carboxylic acids is 1. The van der Waals surface area contributed by atoms with Crippen molar-refractivity contribution < 1.29 is 64.7 Å². The van der Waals surface area contributed by atoms with E-state index in [-0.39, 0.29) is 5.75 Å². The lowest BCUT2D eigenvalue weighted by Crippen LogP contribution is -2.66. The first kappa shape index (κ1) is 29.1. The van der Waals surface area contributed by atoms with Gasteiger partial charge in [-0.1, -0.05) is 0 Å². The third kappa shape index (κ3) is 6.17. The number of nitrogens with one attached hydrogen (secondary N) is 1. The van der Waals surface area contributed by atoms with Gasteiger partial charge in [0.1, 0.15) is 24.4 Å². The first-order chi connectivity index (χ1) is 15.9. The van der Waals surface area contributed by atoms with Crippen molar-refractivity contribution in [2.45, 2.75) is 73.3 Å². The number of thioether (sulfide) groups is 1. The quantitative estimate of drug-likeness (QED) is 0.134. The number of aliphatic hydroxyl groups excluding tert-OH is 7. The molecule has 0 saturated carbocycles. The van der Waals surface area contributed by atoms with Crippen LogP contribution in [0, 0.1) is 5.92 Å². The van der Waals surface area contributed by atoms with Crippen LogP contribution in [0.2, 0.25) is 0 Å². The van der Waals surface area contributed by atoms with E-state index in [0.717, 1.165) is 6.92 Å². The molecule has 15 heteroatoms. The summed E-state index contributed by atoms with van der Waals surface area (Å²) in [6.07, 6.45) is -12.6. The number of hydrogen-bond acceptors (Lipinski definition) is 13. The molecule has 1 amide bonds. The summed E-state index contributed by atoms with van der Waals surface area (Å²) in [4.78, 5) is 21.6. The highest BCUT2D eigenvalue weighted by molar-refractivity contribution is 8.01. The number of hydrogen-bond donors (Lipinski definition) is 9. The van der Waals surface area contributed by atoms with E-state index in [0.29, 0.717) is 11.8 Å². The number of amides is 1. The van der Waals surface area contributed by atoms with E-state index in [1.807, 2.05) is 0 Å². The Morgan fingerprint density at radius 3 is 2.35 bits per heavy atom. The minimum Gasteiger partial charge on any atom is -0.478 e. The Labute approximate surface area is 199 Å². The largest absolute Gasteiger partial charge is 0.478 e. The minimum atomic E-state index is -2.22. The molecule has 0 aromatic heterocycles. The molecule has 11 atom stereocenters. The second kappa shape index (κ2) is 12.2. The summed E-state index contributed by atoms with van der Waals surface area (Å²) in [5, 5.41) is 82.9. The maximum absolute atomic E-state index is 12.3. The maximum atomic E-state index is 12.3. The summed E-state index contributed by atoms with van der Waals surface area (Å²) in [7, 11) is 1.23. The molecule has 0 spiro atoms. The third-order valence-electron chi connectivity index (χ3n) is 5.96. The van der Waals surface area contributed by atoms with Gasteiger partial charge in [-0.25, -0.2) is 4.79 Å². The van der Waals surface area contributed by atoms with Gasteiger partial charge in [-0.3, -0.25) is 4.79 Å². The van der Waals surface area contributed by atoms with Crippen molar-refractivity contribution in [2.75, 3.05) is 26.1 Å². The van der Waals surface area contributed by atoms with Gasteiger partial charge in [0.2, 0.25) is 10.8 Å². The van der Waals surface area contributed by atoms with E-state index in [2.05, 4.69) is 5.32 Å². The van der Waals surface area contributed by atoms with Gasteiger partial charge in [0, 0.05) is 32.1 Å². The van der Waals surface area contributed by atoms with Crippen LogP contribution >= 0.6 is 11.8 Å². The number of carboxylic acid groups (broad SMARTS) is 1. The van der Waals surface area contributed by atoms with Crippen molar-refractivity contribution in [3.63, 3.8) is 0 Å². The highest BCUT2D eigenvalue weighted by Gasteiger charge is 2.56. The van der Waals surface area contributed by atoms with Crippen molar-refractivity contribution in [1.29, 1.82) is 0 Å². The van der Waals surface area contributed by atoms with Crippen LogP contribution in [-0.2, 0) is 23.8 Å². The molecular weight excluding hydrogens is 482 g/mol. The molecule has 9 N–H and O–H groups in total. The zero-order valence-corrected chi connectivity index (χ0v) is 19.4. The molecule has 2 fully saturated rings. The summed E-state index contributed by atoms with van der Waals surface area (Å²) >= 11 is 0.606. The number of carboxylic acids is 1. The van der Waals surface area contributed by atoms with Crippen molar-refractivity contribution in [1.82, 2.24) is 5.32 Å². The van der Waals surface area contributed by atoms with Crippen LogP contribution in [0.4, 0.5) is 0 Å². The normalized spacial score (nSPS) is 40.4. The predicted octanol–water partition coefficient (Wildman–Crippen LogP) is -4.43. The van der Waals surface area contributed by atoms with Crippen LogP contribution in [-0.4, -0.2) is 139 Å². The summed E-state index contributed by atoms with van der Waals surface area (Å²) in [5.41, 5.74) is 0. The Kier molecular flexibility index (Phi) is 10.5. The van der Waals surface area contributed by atoms with Crippen LogP contribution in [0.5, 0.6) is 0 Å². The molecule has 2 aliphatic heterocycles. The van der Waals surface area contributed by atoms with Gasteiger partial charge in [-0.05, 0) is 0 Å². The summed E-state index contributed by atoms with van der Waals surface area (Å²) < 4.78 is 16.0. The Morgan fingerprint density at radius 2 is 1.85 bits per heavy atom. The van der Waals surface area contributed by atoms with E-state index in [1.54, 1.807) is 0 Å². The number of methoxy groups -OCH3 is 1. The lowest BCUT2D eigenvalue weighted by atomic mass is 9.89. The molecule has 2 aliphatic rings. The van der Waals surface area contributed by atoms with Gasteiger partial charge < -0.3 is 60.4 Å². The maximum Gasteiger partial charge on any atom is 0.346 e. The highest BCUT2D eigenvalue weighted by atomic mass is 32.2. The summed E-state index contributed by atoms with van der Waals surface area (Å²) in [6.45, 7) is -0.350. The van der Waals surface area contributed by atoms with E-state index in [1.165, 1.54) is 7.11 Å². The fraction of sp³-hybridized carbons (Fsp3) is 0.895. The Morgan fingerprint density at radius 1 is 1.21 bits per heavy atom. The van der Waals surface area contributed by atoms with Crippen LogP contribution < -0.4 is 5.32 Å². The molecule has 0 aromatic carbocycles. The molecule has 11 unspecified atom stereocenters. The van der Waals surface area contributed by atoms with Crippen molar-refractivity contribution in [3.05, 3.63) is 0 Å². The predicted molar refractivity (Wildman–Crippen MR) is 113 cm³/mol. The molecule has 2 heterocycles. The van der Waals surface area contributed by atoms with E-state index < -0.39 is 97.4 Å². The van der Waals surface area contributed by atoms with Crippen LogP contribution in [0.1, 0.15) is 13.3 Å².